The fourth-order valence-electron chi connectivity index (χ4n) is 5.48. The molecule has 3 aromatic rings. The van der Waals surface area contributed by atoms with Gasteiger partial charge in [0, 0.05) is 26.1 Å². The van der Waals surface area contributed by atoms with E-state index in [9.17, 15) is 18.8 Å². The molecule has 1 fully saturated rings. The first-order valence-corrected chi connectivity index (χ1v) is 13.8. The van der Waals surface area contributed by atoms with Gasteiger partial charge in [0.1, 0.15) is 29.2 Å². The van der Waals surface area contributed by atoms with Crippen LogP contribution in [0.25, 0.3) is 0 Å². The molecule has 5 rings (SSSR count). The molecule has 0 spiro atoms. The molecule has 40 heavy (non-hydrogen) atoms. The number of halogens is 1. The van der Waals surface area contributed by atoms with Crippen LogP contribution in [0, 0.1) is 12.7 Å². The van der Waals surface area contributed by atoms with Crippen LogP contribution in [0.2, 0.25) is 0 Å². The van der Waals surface area contributed by atoms with E-state index in [4.69, 9.17) is 0 Å². The maximum Gasteiger partial charge on any atom is 0.272 e. The highest BCUT2D eigenvalue weighted by atomic mass is 19.1. The van der Waals surface area contributed by atoms with E-state index in [0.717, 1.165) is 24.6 Å². The smallest absolute Gasteiger partial charge is 0.272 e. The van der Waals surface area contributed by atoms with E-state index < -0.39 is 17.9 Å². The van der Waals surface area contributed by atoms with E-state index in [0.29, 0.717) is 50.5 Å². The lowest BCUT2D eigenvalue weighted by atomic mass is 9.99. The van der Waals surface area contributed by atoms with Crippen LogP contribution in [-0.2, 0) is 22.6 Å². The van der Waals surface area contributed by atoms with Gasteiger partial charge in [-0.25, -0.2) is 19.0 Å². The van der Waals surface area contributed by atoms with Crippen LogP contribution in [0.3, 0.4) is 0 Å². The summed E-state index contributed by atoms with van der Waals surface area (Å²) in [6.07, 6.45) is 4.47. The third-order valence-electron chi connectivity index (χ3n) is 7.48. The molecular formula is C29H34FN7O3. The summed E-state index contributed by atoms with van der Waals surface area (Å²) < 4.78 is 15.2. The number of hydrogen-bond donors (Lipinski definition) is 1. The number of hydrogen-bond acceptors (Lipinski definition) is 6. The van der Waals surface area contributed by atoms with E-state index in [1.165, 1.54) is 12.1 Å². The van der Waals surface area contributed by atoms with E-state index >= 15 is 0 Å². The minimum absolute atomic E-state index is 0.0946. The molecule has 3 amide bonds. The van der Waals surface area contributed by atoms with Gasteiger partial charge < -0.3 is 15.1 Å². The van der Waals surface area contributed by atoms with Crippen LogP contribution in [0.5, 0.6) is 0 Å². The first kappa shape index (κ1) is 27.4. The van der Waals surface area contributed by atoms with Crippen molar-refractivity contribution in [3.05, 3.63) is 77.4 Å². The second-order valence-electron chi connectivity index (χ2n) is 10.3. The molecule has 0 aliphatic carbocycles. The van der Waals surface area contributed by atoms with Crippen molar-refractivity contribution in [2.24, 2.45) is 0 Å². The quantitative estimate of drug-likeness (QED) is 0.540. The minimum Gasteiger partial charge on any atom is -0.344 e. The largest absolute Gasteiger partial charge is 0.344 e. The third-order valence-corrected chi connectivity index (χ3v) is 7.48. The standard InChI is InChI=1S/C29H34FN7O3/c1-20-32-27-24(18-21-8-3-2-4-9-21)33-28(39)25-10-5-6-15-36(25)26(38)11-7-14-35(16-17-37(27)34-20)29(40)23-13-12-22(30)19-31-23/h2-4,8-9,12-13,19,24-25H,5-7,10-11,14-18H2,1H3,(H,33,39)/t24-,25+/m1/s1. The Labute approximate surface area is 232 Å². The summed E-state index contributed by atoms with van der Waals surface area (Å²) in [5.74, 6) is 0.00333. The van der Waals surface area contributed by atoms with Crippen molar-refractivity contribution in [2.75, 3.05) is 19.6 Å². The van der Waals surface area contributed by atoms with Gasteiger partial charge >= 0.3 is 0 Å². The maximum atomic E-state index is 13.7. The van der Waals surface area contributed by atoms with Crippen molar-refractivity contribution >= 4 is 17.7 Å². The number of aryl methyl sites for hydroxylation is 1. The molecule has 2 aliphatic rings. The minimum atomic E-state index is -0.555. The molecule has 0 unspecified atom stereocenters. The van der Waals surface area contributed by atoms with Crippen molar-refractivity contribution in [2.45, 2.75) is 64.1 Å². The zero-order valence-electron chi connectivity index (χ0n) is 22.6. The van der Waals surface area contributed by atoms with E-state index in [1.54, 1.807) is 21.4 Å². The predicted octanol–water partition coefficient (Wildman–Crippen LogP) is 2.84. The molecule has 0 bridgehead atoms. The number of amides is 3. The normalized spacial score (nSPS) is 20.8. The number of fused-ring (bicyclic) bond motifs is 2. The average Bonchev–Trinajstić information content (AvgIpc) is 3.34. The Morgan fingerprint density at radius 3 is 2.62 bits per heavy atom. The lowest BCUT2D eigenvalue weighted by Crippen LogP contribution is -2.53. The number of carbonyl (C=O) groups is 3. The van der Waals surface area contributed by atoms with Crippen molar-refractivity contribution in [3.63, 3.8) is 0 Å². The number of benzene rings is 1. The maximum absolute atomic E-state index is 13.7. The molecule has 0 radical (unpaired) electrons. The summed E-state index contributed by atoms with van der Waals surface area (Å²) >= 11 is 0. The van der Waals surface area contributed by atoms with Gasteiger partial charge in [-0.1, -0.05) is 30.3 Å². The molecule has 2 aromatic heterocycles. The fraction of sp³-hybridized carbons (Fsp3) is 0.448. The Balaban J connectivity index is 1.49. The molecule has 210 valence electrons. The molecule has 4 heterocycles. The van der Waals surface area contributed by atoms with Crippen LogP contribution < -0.4 is 5.32 Å². The van der Waals surface area contributed by atoms with Crippen LogP contribution in [-0.4, -0.2) is 72.9 Å². The lowest BCUT2D eigenvalue weighted by molar-refractivity contribution is -0.142. The highest BCUT2D eigenvalue weighted by molar-refractivity contribution is 5.92. The van der Waals surface area contributed by atoms with Gasteiger partial charge in [0.25, 0.3) is 5.91 Å². The molecule has 10 nitrogen and oxygen atoms in total. The summed E-state index contributed by atoms with van der Waals surface area (Å²) in [6.45, 7) is 3.24. The highest BCUT2D eigenvalue weighted by Crippen LogP contribution is 2.23. The van der Waals surface area contributed by atoms with Crippen molar-refractivity contribution in [3.8, 4) is 0 Å². The Morgan fingerprint density at radius 1 is 1.02 bits per heavy atom. The molecule has 0 saturated carbocycles. The molecule has 2 atom stereocenters. The predicted molar refractivity (Wildman–Crippen MR) is 144 cm³/mol. The zero-order valence-corrected chi connectivity index (χ0v) is 22.6. The van der Waals surface area contributed by atoms with Crippen molar-refractivity contribution in [1.82, 2.24) is 34.9 Å². The number of carbonyl (C=O) groups excluding carboxylic acids is 3. The van der Waals surface area contributed by atoms with E-state index in [1.807, 2.05) is 30.3 Å². The van der Waals surface area contributed by atoms with Gasteiger partial charge in [-0.05, 0) is 56.7 Å². The Hall–Kier alpha value is -4.15. The summed E-state index contributed by atoms with van der Waals surface area (Å²) in [6, 6.07) is 11.4. The van der Waals surface area contributed by atoms with Gasteiger partial charge in [-0.15, -0.1) is 0 Å². The number of nitrogens with one attached hydrogen (secondary N) is 1. The summed E-state index contributed by atoms with van der Waals surface area (Å²) in [5, 5.41) is 7.79. The third kappa shape index (κ3) is 6.35. The fourth-order valence-corrected chi connectivity index (χ4v) is 5.48. The van der Waals surface area contributed by atoms with Crippen LogP contribution >= 0.6 is 0 Å². The van der Waals surface area contributed by atoms with Crippen LogP contribution in [0.1, 0.15) is 65.8 Å². The average molecular weight is 548 g/mol. The Morgan fingerprint density at radius 2 is 1.85 bits per heavy atom. The van der Waals surface area contributed by atoms with Gasteiger partial charge in [0.05, 0.1) is 18.8 Å². The molecule has 1 N–H and O–H groups in total. The van der Waals surface area contributed by atoms with Crippen LogP contribution in [0.4, 0.5) is 4.39 Å². The van der Waals surface area contributed by atoms with Gasteiger partial charge in [0.15, 0.2) is 0 Å². The molecular weight excluding hydrogens is 513 g/mol. The highest BCUT2D eigenvalue weighted by Gasteiger charge is 2.34. The number of rotatable bonds is 3. The first-order chi connectivity index (χ1) is 19.4. The number of aromatic nitrogens is 4. The summed E-state index contributed by atoms with van der Waals surface area (Å²) in [7, 11) is 0. The SMILES string of the molecule is Cc1nc2n(n1)CCN(C(=O)c1ccc(F)cn1)CCCC(=O)N1CCCC[C@H]1C(=O)N[C@@H]2Cc1ccccc1. The molecule has 2 aliphatic heterocycles. The zero-order chi connectivity index (χ0) is 28.1. The molecule has 1 saturated heterocycles. The topological polar surface area (TPSA) is 113 Å². The van der Waals surface area contributed by atoms with Gasteiger partial charge in [0.2, 0.25) is 11.8 Å². The van der Waals surface area contributed by atoms with E-state index in [-0.39, 0.29) is 36.4 Å². The van der Waals surface area contributed by atoms with Crippen LogP contribution in [0.15, 0.2) is 48.7 Å². The van der Waals surface area contributed by atoms with Gasteiger partial charge in [-0.3, -0.25) is 14.4 Å². The monoisotopic (exact) mass is 547 g/mol. The van der Waals surface area contributed by atoms with E-state index in [2.05, 4.69) is 20.4 Å². The Bertz CT molecular complexity index is 1350. The summed E-state index contributed by atoms with van der Waals surface area (Å²) in [5.41, 5.74) is 1.16. The lowest BCUT2D eigenvalue weighted by Gasteiger charge is -2.36. The second-order valence-corrected chi connectivity index (χ2v) is 10.3. The molecule has 1 aromatic carbocycles. The van der Waals surface area contributed by atoms with Crippen molar-refractivity contribution in [1.29, 1.82) is 0 Å². The number of pyridine rings is 1. The summed E-state index contributed by atoms with van der Waals surface area (Å²) in [4.78, 5) is 52.3. The molecule has 11 heteroatoms. The number of piperidine rings is 1. The van der Waals surface area contributed by atoms with Gasteiger partial charge in [-0.2, -0.15) is 5.10 Å². The second kappa shape index (κ2) is 12.4. The van der Waals surface area contributed by atoms with Crippen molar-refractivity contribution < 1.29 is 18.8 Å². The first-order valence-electron chi connectivity index (χ1n) is 13.8. The number of nitrogens with zero attached hydrogens (tertiary/aromatic N) is 6. The Kier molecular flexibility index (Phi) is 8.47.